The van der Waals surface area contributed by atoms with Crippen LogP contribution in [0.15, 0.2) is 70.0 Å². The van der Waals surface area contributed by atoms with Crippen molar-refractivity contribution in [1.29, 1.82) is 0 Å². The molecule has 0 spiro atoms. The van der Waals surface area contributed by atoms with Gasteiger partial charge in [-0.25, -0.2) is 0 Å². The van der Waals surface area contributed by atoms with Crippen LogP contribution in [0.3, 0.4) is 0 Å². The molecule has 128 valence electrons. The molecule has 3 rings (SSSR count). The normalized spacial score (nSPS) is 10.6. The first kappa shape index (κ1) is 17.6. The molecule has 0 bridgehead atoms. The minimum absolute atomic E-state index is 0.146. The van der Waals surface area contributed by atoms with E-state index in [-0.39, 0.29) is 11.9 Å². The van der Waals surface area contributed by atoms with Crippen LogP contribution in [-0.2, 0) is 16.3 Å². The molecule has 1 heterocycles. The second-order valence-electron chi connectivity index (χ2n) is 5.13. The van der Waals surface area contributed by atoms with Gasteiger partial charge in [-0.05, 0) is 17.7 Å². The van der Waals surface area contributed by atoms with Gasteiger partial charge >= 0.3 is 6.01 Å². The zero-order valence-electron chi connectivity index (χ0n) is 13.4. The highest BCUT2D eigenvalue weighted by Gasteiger charge is 2.10. The van der Waals surface area contributed by atoms with Gasteiger partial charge in [-0.15, -0.1) is 28.6 Å². The van der Waals surface area contributed by atoms with Gasteiger partial charge in [0.25, 0.3) is 0 Å². The van der Waals surface area contributed by atoms with Gasteiger partial charge in [0.1, 0.15) is 0 Å². The summed E-state index contributed by atoms with van der Waals surface area (Å²) in [5, 5.41) is 10.5. The molecule has 25 heavy (non-hydrogen) atoms. The fraction of sp³-hybridized carbons (Fsp3) is 0.167. The standard InChI is InChI=1S/C18H17N3O2S2/c22-16(12-24-11-14-7-3-1-4-8-14)19-18-21-20-17(23-18)13-25-15-9-5-2-6-10-15/h1-10H,11-13H2,(H,19,21,22). The Morgan fingerprint density at radius 3 is 2.44 bits per heavy atom. The van der Waals surface area contributed by atoms with Gasteiger partial charge in [-0.1, -0.05) is 53.6 Å². The van der Waals surface area contributed by atoms with E-state index in [4.69, 9.17) is 4.42 Å². The van der Waals surface area contributed by atoms with E-state index in [1.54, 1.807) is 23.5 Å². The van der Waals surface area contributed by atoms with E-state index in [1.807, 2.05) is 60.7 Å². The highest BCUT2D eigenvalue weighted by Crippen LogP contribution is 2.22. The van der Waals surface area contributed by atoms with Gasteiger partial charge < -0.3 is 4.42 Å². The van der Waals surface area contributed by atoms with Gasteiger partial charge in [-0.3, -0.25) is 10.1 Å². The molecule has 0 unspecified atom stereocenters. The monoisotopic (exact) mass is 371 g/mol. The molecule has 0 aliphatic carbocycles. The summed E-state index contributed by atoms with van der Waals surface area (Å²) >= 11 is 3.15. The molecular weight excluding hydrogens is 354 g/mol. The molecule has 2 aromatic carbocycles. The van der Waals surface area contributed by atoms with Crippen molar-refractivity contribution in [2.75, 3.05) is 11.1 Å². The molecule has 0 saturated carbocycles. The highest BCUT2D eigenvalue weighted by molar-refractivity contribution is 7.99. The summed E-state index contributed by atoms with van der Waals surface area (Å²) in [4.78, 5) is 13.1. The number of amides is 1. The lowest BCUT2D eigenvalue weighted by atomic mass is 10.2. The van der Waals surface area contributed by atoms with Crippen LogP contribution in [-0.4, -0.2) is 21.9 Å². The predicted molar refractivity (Wildman–Crippen MR) is 102 cm³/mol. The Morgan fingerprint density at radius 2 is 1.68 bits per heavy atom. The van der Waals surface area contributed by atoms with Crippen molar-refractivity contribution in [3.05, 3.63) is 72.1 Å². The van der Waals surface area contributed by atoms with Crippen LogP contribution in [0.2, 0.25) is 0 Å². The molecule has 0 saturated heterocycles. The third kappa shape index (κ3) is 5.95. The molecular formula is C18H17N3O2S2. The highest BCUT2D eigenvalue weighted by atomic mass is 32.2. The molecule has 0 atom stereocenters. The lowest BCUT2D eigenvalue weighted by molar-refractivity contribution is -0.113. The second kappa shape index (κ2) is 9.29. The van der Waals surface area contributed by atoms with E-state index in [9.17, 15) is 4.79 Å². The first-order chi connectivity index (χ1) is 12.3. The van der Waals surface area contributed by atoms with Crippen molar-refractivity contribution in [3.63, 3.8) is 0 Å². The van der Waals surface area contributed by atoms with Crippen molar-refractivity contribution >= 4 is 35.4 Å². The fourth-order valence-corrected chi connectivity index (χ4v) is 3.56. The quantitative estimate of drug-likeness (QED) is 0.598. The first-order valence-electron chi connectivity index (χ1n) is 7.71. The van der Waals surface area contributed by atoms with E-state index in [1.165, 1.54) is 5.56 Å². The Kier molecular flexibility index (Phi) is 6.53. The van der Waals surface area contributed by atoms with E-state index < -0.39 is 0 Å². The molecule has 1 N–H and O–H groups in total. The lowest BCUT2D eigenvalue weighted by Gasteiger charge is -2.01. The topological polar surface area (TPSA) is 68.0 Å². The Hall–Kier alpha value is -2.25. The van der Waals surface area contributed by atoms with Crippen molar-refractivity contribution in [3.8, 4) is 0 Å². The van der Waals surface area contributed by atoms with Gasteiger partial charge in [0, 0.05) is 10.6 Å². The zero-order valence-corrected chi connectivity index (χ0v) is 15.1. The maximum atomic E-state index is 11.9. The Labute approximate surface area is 154 Å². The van der Waals surface area contributed by atoms with Crippen LogP contribution in [0, 0.1) is 0 Å². The summed E-state index contributed by atoms with van der Waals surface area (Å²) in [6, 6.07) is 20.2. The maximum absolute atomic E-state index is 11.9. The molecule has 0 aliphatic heterocycles. The van der Waals surface area contributed by atoms with Gasteiger partial charge in [0.2, 0.25) is 11.8 Å². The number of rotatable bonds is 8. The number of carbonyl (C=O) groups excluding carboxylic acids is 1. The van der Waals surface area contributed by atoms with Crippen LogP contribution < -0.4 is 5.32 Å². The fourth-order valence-electron chi connectivity index (χ4n) is 2.02. The Morgan fingerprint density at radius 1 is 0.960 bits per heavy atom. The third-order valence-corrected chi connectivity index (χ3v) is 5.16. The number of aromatic nitrogens is 2. The van der Waals surface area contributed by atoms with Crippen LogP contribution in [0.4, 0.5) is 6.01 Å². The average Bonchev–Trinajstić information content (AvgIpc) is 3.09. The number of thioether (sulfide) groups is 2. The van der Waals surface area contributed by atoms with Crippen LogP contribution >= 0.6 is 23.5 Å². The van der Waals surface area contributed by atoms with Gasteiger partial charge in [0.05, 0.1) is 11.5 Å². The minimum atomic E-state index is -0.146. The second-order valence-corrected chi connectivity index (χ2v) is 7.16. The molecule has 1 amide bonds. The van der Waals surface area contributed by atoms with E-state index in [0.717, 1.165) is 10.6 Å². The smallest absolute Gasteiger partial charge is 0.322 e. The van der Waals surface area contributed by atoms with E-state index in [0.29, 0.717) is 17.4 Å². The lowest BCUT2D eigenvalue weighted by Crippen LogP contribution is -2.14. The third-order valence-electron chi connectivity index (χ3n) is 3.16. The number of benzene rings is 2. The number of nitrogens with one attached hydrogen (secondary N) is 1. The Balaban J connectivity index is 1.40. The van der Waals surface area contributed by atoms with E-state index >= 15 is 0 Å². The Bertz CT molecular complexity index is 794. The van der Waals surface area contributed by atoms with Crippen molar-refractivity contribution in [2.45, 2.75) is 16.4 Å². The SMILES string of the molecule is O=C(CSCc1ccccc1)Nc1nnc(CSc2ccccc2)o1. The molecule has 3 aromatic rings. The number of anilines is 1. The molecule has 0 radical (unpaired) electrons. The first-order valence-corrected chi connectivity index (χ1v) is 9.85. The van der Waals surface area contributed by atoms with Crippen LogP contribution in [0.5, 0.6) is 0 Å². The number of hydrogen-bond donors (Lipinski definition) is 1. The largest absolute Gasteiger partial charge is 0.407 e. The van der Waals surface area contributed by atoms with Crippen LogP contribution in [0.1, 0.15) is 11.5 Å². The molecule has 7 heteroatoms. The van der Waals surface area contributed by atoms with Crippen molar-refractivity contribution < 1.29 is 9.21 Å². The summed E-state index contributed by atoms with van der Waals surface area (Å²) in [7, 11) is 0. The number of hydrogen-bond acceptors (Lipinski definition) is 6. The summed E-state index contributed by atoms with van der Waals surface area (Å²) in [5.41, 5.74) is 1.19. The summed E-state index contributed by atoms with van der Waals surface area (Å²) in [6.07, 6.45) is 0. The number of nitrogens with zero attached hydrogens (tertiary/aromatic N) is 2. The summed E-state index contributed by atoms with van der Waals surface area (Å²) in [6.45, 7) is 0. The molecule has 0 aliphatic rings. The van der Waals surface area contributed by atoms with Gasteiger partial charge in [-0.2, -0.15) is 0 Å². The maximum Gasteiger partial charge on any atom is 0.322 e. The minimum Gasteiger partial charge on any atom is -0.407 e. The molecule has 0 fully saturated rings. The summed E-state index contributed by atoms with van der Waals surface area (Å²) in [5.74, 6) is 2.03. The van der Waals surface area contributed by atoms with Crippen molar-refractivity contribution in [1.82, 2.24) is 10.2 Å². The average molecular weight is 371 g/mol. The molecule has 1 aromatic heterocycles. The molecule has 5 nitrogen and oxygen atoms in total. The zero-order chi connectivity index (χ0) is 17.3. The van der Waals surface area contributed by atoms with Crippen LogP contribution in [0.25, 0.3) is 0 Å². The van der Waals surface area contributed by atoms with Crippen molar-refractivity contribution in [2.24, 2.45) is 0 Å². The predicted octanol–water partition coefficient (Wildman–Crippen LogP) is 4.23. The summed E-state index contributed by atoms with van der Waals surface area (Å²) < 4.78 is 5.46. The number of carbonyl (C=O) groups is 1. The van der Waals surface area contributed by atoms with Gasteiger partial charge in [0.15, 0.2) is 0 Å². The van der Waals surface area contributed by atoms with E-state index in [2.05, 4.69) is 15.5 Å².